The number of fused-ring (bicyclic) bond motifs is 1. The summed E-state index contributed by atoms with van der Waals surface area (Å²) in [4.78, 5) is 169. The van der Waals surface area contributed by atoms with Gasteiger partial charge in [-0.15, -0.1) is 11.6 Å². The lowest BCUT2D eigenvalue weighted by atomic mass is 9.79. The van der Waals surface area contributed by atoms with E-state index in [4.69, 9.17) is 11.6 Å². The first kappa shape index (κ1) is 77.9. The van der Waals surface area contributed by atoms with Crippen molar-refractivity contribution in [2.24, 2.45) is 35.5 Å². The Morgan fingerprint density at radius 2 is 1.11 bits per heavy atom. The zero-order valence-corrected chi connectivity index (χ0v) is 58.2. The molecular formula is C66H109ClF3N11O12. The Morgan fingerprint density at radius 1 is 0.559 bits per heavy atom. The summed E-state index contributed by atoms with van der Waals surface area (Å²) in [5, 5.41) is 19.8. The number of amides is 11. The molecule has 0 aromatic heterocycles. The van der Waals surface area contributed by atoms with Crippen molar-refractivity contribution in [3.05, 3.63) is 0 Å². The van der Waals surface area contributed by atoms with Gasteiger partial charge in [0.15, 0.2) is 0 Å². The van der Waals surface area contributed by atoms with Crippen LogP contribution in [0.3, 0.4) is 0 Å². The van der Waals surface area contributed by atoms with Gasteiger partial charge in [0.05, 0.1) is 31.7 Å². The van der Waals surface area contributed by atoms with E-state index in [1.165, 1.54) is 80.8 Å². The molecule has 0 unspecified atom stereocenters. The van der Waals surface area contributed by atoms with Gasteiger partial charge in [-0.3, -0.25) is 52.7 Å². The summed E-state index contributed by atoms with van der Waals surface area (Å²) in [5.74, 6) is -9.45. The molecule has 93 heavy (non-hydrogen) atoms. The Morgan fingerprint density at radius 3 is 1.69 bits per heavy atom. The maximum Gasteiger partial charge on any atom is 0.391 e. The van der Waals surface area contributed by atoms with Gasteiger partial charge in [-0.05, 0) is 127 Å². The first-order valence-electron chi connectivity index (χ1n) is 33.9. The lowest BCUT2D eigenvalue weighted by Crippen LogP contribution is -2.59. The monoisotopic (exact) mass is 1340 g/mol. The first-order valence-corrected chi connectivity index (χ1v) is 34.4. The molecule has 2 heterocycles. The van der Waals surface area contributed by atoms with E-state index >= 15 is 14.4 Å². The highest BCUT2D eigenvalue weighted by atomic mass is 35.5. The van der Waals surface area contributed by atoms with Gasteiger partial charge >= 0.3 is 6.18 Å². The van der Waals surface area contributed by atoms with E-state index in [1.54, 1.807) is 13.8 Å². The minimum absolute atomic E-state index is 0.00645. The maximum atomic E-state index is 15.3. The highest BCUT2D eigenvalue weighted by Gasteiger charge is 2.47. The lowest BCUT2D eigenvalue weighted by Gasteiger charge is -2.39. The van der Waals surface area contributed by atoms with Crippen molar-refractivity contribution in [3.8, 4) is 0 Å². The van der Waals surface area contributed by atoms with Gasteiger partial charge in [-0.2, -0.15) is 13.2 Å². The number of aliphatic hydroxyl groups is 1. The van der Waals surface area contributed by atoms with Crippen molar-refractivity contribution < 1.29 is 71.0 Å². The fourth-order valence-electron chi connectivity index (χ4n) is 14.0. The fourth-order valence-corrected chi connectivity index (χ4v) is 14.3. The average molecular weight is 1340 g/mol. The van der Waals surface area contributed by atoms with Crippen LogP contribution in [0, 0.1) is 35.5 Å². The Balaban J connectivity index is 1.56. The maximum absolute atomic E-state index is 15.3. The first-order chi connectivity index (χ1) is 43.5. The van der Waals surface area contributed by atoms with Gasteiger partial charge in [0.25, 0.3) is 0 Å². The van der Waals surface area contributed by atoms with E-state index < -0.39 is 157 Å². The quantitative estimate of drug-likeness (QED) is 0.201. The fraction of sp³-hybridized carbons (Fsp3) is 0.833. The molecule has 3 aliphatic carbocycles. The van der Waals surface area contributed by atoms with Gasteiger partial charge in [-0.25, -0.2) is 0 Å². The van der Waals surface area contributed by atoms with Crippen LogP contribution in [0.2, 0.25) is 0 Å². The van der Waals surface area contributed by atoms with Crippen LogP contribution in [0.5, 0.6) is 0 Å². The van der Waals surface area contributed by atoms with Crippen LogP contribution in [0.4, 0.5) is 13.2 Å². The molecule has 2 aliphatic heterocycles. The van der Waals surface area contributed by atoms with Gasteiger partial charge in [-0.1, -0.05) is 66.2 Å². The van der Waals surface area contributed by atoms with E-state index in [0.29, 0.717) is 32.1 Å². The Kier molecular flexibility index (Phi) is 29.6. The molecule has 5 fully saturated rings. The molecule has 0 bridgehead atoms. The average Bonchev–Trinajstić information content (AvgIpc) is 1.76. The Hall–Kier alpha value is -5.79. The number of aliphatic hydroxyl groups excluding tert-OH is 1. The number of nitrogens with one attached hydrogen (secondary N) is 3. The summed E-state index contributed by atoms with van der Waals surface area (Å²) in [5.41, 5.74) is 0. The summed E-state index contributed by atoms with van der Waals surface area (Å²) < 4.78 is 41.4. The topological polar surface area (TPSA) is 270 Å². The van der Waals surface area contributed by atoms with E-state index in [1.807, 2.05) is 20.8 Å². The van der Waals surface area contributed by atoms with Crippen LogP contribution >= 0.6 is 11.6 Å². The number of hydrogen-bond donors (Lipinski definition) is 4. The number of carbonyl (C=O) groups is 11. The van der Waals surface area contributed by atoms with Gasteiger partial charge < -0.3 is 60.3 Å². The van der Waals surface area contributed by atoms with Crippen molar-refractivity contribution in [3.63, 3.8) is 0 Å². The number of likely N-dealkylation sites (N-methyl/N-ethyl adjacent to an activating group) is 7. The summed E-state index contributed by atoms with van der Waals surface area (Å²) in [6.45, 7) is 8.45. The number of rotatable bonds is 11. The van der Waals surface area contributed by atoms with Gasteiger partial charge in [0, 0.05) is 80.1 Å². The number of halogens is 4. The predicted molar refractivity (Wildman–Crippen MR) is 344 cm³/mol. The van der Waals surface area contributed by atoms with Crippen LogP contribution in [-0.2, 0) is 52.7 Å². The van der Waals surface area contributed by atoms with Crippen molar-refractivity contribution in [2.75, 3.05) is 75.5 Å². The van der Waals surface area contributed by atoms with Gasteiger partial charge in [0.1, 0.15) is 42.3 Å². The third-order valence-electron chi connectivity index (χ3n) is 20.6. The summed E-state index contributed by atoms with van der Waals surface area (Å²) in [7, 11) is 9.91. The van der Waals surface area contributed by atoms with Crippen molar-refractivity contribution in [1.82, 2.24) is 55.1 Å². The molecular weight excluding hydrogens is 1230 g/mol. The molecule has 5 rings (SSSR count). The van der Waals surface area contributed by atoms with E-state index in [-0.39, 0.29) is 106 Å². The number of alkyl halides is 4. The highest BCUT2D eigenvalue weighted by Crippen LogP contribution is 2.41. The van der Waals surface area contributed by atoms with Gasteiger partial charge in [0.2, 0.25) is 65.0 Å². The SMILES string of the molecule is CC[C@H](C)[C@@H]1NC(=O)[C@H](C)N(C)C(=O)C[C@@H](C)NC(=O)[C@H](CC(C)C)N(C)C(=O)[C@H](CC2CCCCC2)N(C)C(=O)[C@@H]2C[C@H](O)CN2C(=O)[C@H](CCC2CCC(C(F)(F)F)CC2)NC(=O)CN(C)C(=O)[C@H](CC2CCC(Cl)CC2)N(C)C(=O)CN(C)C(=O)CN(C)C1=O. The summed E-state index contributed by atoms with van der Waals surface area (Å²) in [6, 6.07) is -9.23. The number of hydrogen-bond acceptors (Lipinski definition) is 12. The van der Waals surface area contributed by atoms with E-state index in [9.17, 15) is 56.6 Å². The lowest BCUT2D eigenvalue weighted by molar-refractivity contribution is -0.184. The highest BCUT2D eigenvalue weighted by molar-refractivity contribution is 6.20. The smallest absolute Gasteiger partial charge is 0.391 e. The Labute approximate surface area is 554 Å². The molecule has 0 radical (unpaired) electrons. The minimum atomic E-state index is -4.37. The normalized spacial score (nSPS) is 31.4. The third-order valence-corrected chi connectivity index (χ3v) is 21.1. The second kappa shape index (κ2) is 35.3. The largest absolute Gasteiger partial charge is 0.391 e. The molecule has 11 amide bonds. The molecule has 2 saturated heterocycles. The zero-order valence-electron chi connectivity index (χ0n) is 57.4. The van der Waals surface area contributed by atoms with Crippen molar-refractivity contribution in [2.45, 2.75) is 242 Å². The van der Waals surface area contributed by atoms with Crippen molar-refractivity contribution in [1.29, 1.82) is 0 Å². The minimum Gasteiger partial charge on any atom is -0.391 e. The molecule has 528 valence electrons. The van der Waals surface area contributed by atoms with Crippen LogP contribution in [0.15, 0.2) is 0 Å². The second-order valence-electron chi connectivity index (χ2n) is 28.3. The van der Waals surface area contributed by atoms with Crippen LogP contribution < -0.4 is 16.0 Å². The third kappa shape index (κ3) is 21.9. The van der Waals surface area contributed by atoms with Crippen LogP contribution in [0.25, 0.3) is 0 Å². The number of nitrogens with zero attached hydrogens (tertiary/aromatic N) is 8. The standard InChI is InChI=1S/C66H109ClF3N11O12/c1-14-40(4)58-65(93)76(9)37-56(85)74(7)38-57(86)78(11)51(33-45-22-27-47(67)28-23-45)62(90)75(8)36-54(83)72-49(29-24-43-20-25-46(26-21-43)66(68,69)70)61(89)81-35-48(82)34-53(81)64(92)80(13)52(32-44-18-16-15-17-19-44)63(91)79(12)50(30-39(2)3)60(88)71-41(5)31-55(84)77(10)42(6)59(87)73-58/h39-53,58,82H,14-38H2,1-13H3,(H,71,88)(H,72,83)(H,73,87)/t40-,41+,42-,43?,45?,46?,47?,48-,49-,50-,51-,52-,53-,58-/m0/s1. The predicted octanol–water partition coefficient (Wildman–Crippen LogP) is 4.93. The molecule has 23 nitrogen and oxygen atoms in total. The zero-order chi connectivity index (χ0) is 69.5. The molecule has 10 atom stereocenters. The van der Waals surface area contributed by atoms with E-state index in [2.05, 4.69) is 16.0 Å². The molecule has 0 aromatic rings. The van der Waals surface area contributed by atoms with Crippen LogP contribution in [0.1, 0.15) is 176 Å². The number of carbonyl (C=O) groups excluding carboxylic acids is 11. The molecule has 0 aromatic carbocycles. The molecule has 0 spiro atoms. The van der Waals surface area contributed by atoms with Crippen LogP contribution in [-0.4, -0.2) is 251 Å². The molecule has 5 aliphatic rings. The second-order valence-corrected chi connectivity index (χ2v) is 28.9. The van der Waals surface area contributed by atoms with E-state index in [0.717, 1.165) is 46.8 Å². The summed E-state index contributed by atoms with van der Waals surface area (Å²) >= 11 is 6.48. The Bertz CT molecular complexity index is 2600. The van der Waals surface area contributed by atoms with Crippen molar-refractivity contribution >= 4 is 76.6 Å². The molecule has 4 N–H and O–H groups in total. The molecule has 27 heteroatoms. The molecule has 3 saturated carbocycles. The summed E-state index contributed by atoms with van der Waals surface area (Å²) in [6.07, 6.45) is 2.22.